The maximum absolute atomic E-state index is 5.86. The summed E-state index contributed by atoms with van der Waals surface area (Å²) in [4.78, 5) is 8.78. The van der Waals surface area contributed by atoms with Crippen LogP contribution in [-0.4, -0.2) is 17.1 Å². The fraction of sp³-hybridized carbons (Fsp3) is 0.333. The van der Waals surface area contributed by atoms with Crippen molar-refractivity contribution in [3.8, 4) is 17.4 Å². The van der Waals surface area contributed by atoms with Crippen molar-refractivity contribution in [2.45, 2.75) is 26.7 Å². The molecule has 0 unspecified atom stereocenters. The Morgan fingerprint density at radius 1 is 1.15 bits per heavy atom. The van der Waals surface area contributed by atoms with E-state index in [4.69, 9.17) is 15.2 Å². The SMILES string of the molecule is COc1ccc(Oc2cc(C)nc(C(C)C)n2)cc1N. The minimum Gasteiger partial charge on any atom is -0.495 e. The molecule has 2 rings (SSSR count). The van der Waals surface area contributed by atoms with Gasteiger partial charge in [0.1, 0.15) is 17.3 Å². The molecule has 0 saturated carbocycles. The first kappa shape index (κ1) is 14.1. The standard InChI is InChI=1S/C15H19N3O2/c1-9(2)15-17-10(3)7-14(18-15)20-11-5-6-13(19-4)12(16)8-11/h5-9H,16H2,1-4H3. The minimum atomic E-state index is 0.248. The van der Waals surface area contributed by atoms with Gasteiger partial charge in [-0.05, 0) is 19.1 Å². The van der Waals surface area contributed by atoms with E-state index in [1.165, 1.54) is 0 Å². The number of hydrogen-bond donors (Lipinski definition) is 1. The molecule has 5 heteroatoms. The molecule has 0 radical (unpaired) electrons. The van der Waals surface area contributed by atoms with Gasteiger partial charge < -0.3 is 15.2 Å². The molecule has 106 valence electrons. The molecule has 1 aromatic carbocycles. The third-order valence-corrected chi connectivity index (χ3v) is 2.79. The predicted octanol–water partition coefficient (Wildman–Crippen LogP) is 3.29. The molecule has 0 aliphatic rings. The summed E-state index contributed by atoms with van der Waals surface area (Å²) in [5.74, 6) is 2.78. The van der Waals surface area contributed by atoms with Gasteiger partial charge in [0.05, 0.1) is 12.8 Å². The Balaban J connectivity index is 2.27. The van der Waals surface area contributed by atoms with Crippen LogP contribution in [0.4, 0.5) is 5.69 Å². The lowest BCUT2D eigenvalue weighted by atomic mass is 10.2. The molecular weight excluding hydrogens is 254 g/mol. The van der Waals surface area contributed by atoms with E-state index in [2.05, 4.69) is 9.97 Å². The molecule has 2 aromatic rings. The number of ether oxygens (including phenoxy) is 2. The smallest absolute Gasteiger partial charge is 0.222 e. The first-order valence-corrected chi connectivity index (χ1v) is 6.46. The summed E-state index contributed by atoms with van der Waals surface area (Å²) in [6, 6.07) is 7.07. The number of nitrogens with zero attached hydrogens (tertiary/aromatic N) is 2. The van der Waals surface area contributed by atoms with Crippen molar-refractivity contribution in [3.63, 3.8) is 0 Å². The molecule has 0 fully saturated rings. The molecule has 0 aliphatic heterocycles. The lowest BCUT2D eigenvalue weighted by Crippen LogP contribution is -2.01. The second-order valence-corrected chi connectivity index (χ2v) is 4.87. The van der Waals surface area contributed by atoms with Crippen molar-refractivity contribution in [3.05, 3.63) is 35.8 Å². The summed E-state index contributed by atoms with van der Waals surface area (Å²) < 4.78 is 10.9. The first-order chi connectivity index (χ1) is 9.49. The van der Waals surface area contributed by atoms with Crippen LogP contribution in [-0.2, 0) is 0 Å². The third-order valence-electron chi connectivity index (χ3n) is 2.79. The molecule has 0 atom stereocenters. The van der Waals surface area contributed by atoms with E-state index in [0.29, 0.717) is 23.1 Å². The second-order valence-electron chi connectivity index (χ2n) is 4.87. The molecule has 1 heterocycles. The Bertz CT molecular complexity index is 612. The molecule has 5 nitrogen and oxygen atoms in total. The third kappa shape index (κ3) is 3.17. The van der Waals surface area contributed by atoms with E-state index >= 15 is 0 Å². The number of benzene rings is 1. The van der Waals surface area contributed by atoms with Gasteiger partial charge in [0, 0.05) is 23.7 Å². The van der Waals surface area contributed by atoms with Gasteiger partial charge in [-0.15, -0.1) is 0 Å². The topological polar surface area (TPSA) is 70.3 Å². The zero-order valence-electron chi connectivity index (χ0n) is 12.2. The van der Waals surface area contributed by atoms with E-state index in [0.717, 1.165) is 11.5 Å². The maximum atomic E-state index is 5.86. The van der Waals surface area contributed by atoms with E-state index in [-0.39, 0.29) is 5.92 Å². The van der Waals surface area contributed by atoms with Gasteiger partial charge in [-0.2, -0.15) is 4.98 Å². The molecule has 2 N–H and O–H groups in total. The molecule has 1 aromatic heterocycles. The number of nitrogens with two attached hydrogens (primary N) is 1. The Morgan fingerprint density at radius 2 is 1.90 bits per heavy atom. The molecule has 0 aliphatic carbocycles. The number of nitrogen functional groups attached to an aromatic ring is 1. The van der Waals surface area contributed by atoms with E-state index < -0.39 is 0 Å². The quantitative estimate of drug-likeness (QED) is 0.865. The van der Waals surface area contributed by atoms with Gasteiger partial charge in [-0.3, -0.25) is 0 Å². The lowest BCUT2D eigenvalue weighted by Gasteiger charge is -2.11. The normalized spacial score (nSPS) is 10.7. The molecule has 0 bridgehead atoms. The number of aromatic nitrogens is 2. The molecular formula is C15H19N3O2. The monoisotopic (exact) mass is 273 g/mol. The zero-order chi connectivity index (χ0) is 14.7. The highest BCUT2D eigenvalue weighted by atomic mass is 16.5. The van der Waals surface area contributed by atoms with Crippen LogP contribution in [0, 0.1) is 6.92 Å². The van der Waals surface area contributed by atoms with Crippen LogP contribution >= 0.6 is 0 Å². The summed E-state index contributed by atoms with van der Waals surface area (Å²) >= 11 is 0. The van der Waals surface area contributed by atoms with E-state index in [9.17, 15) is 0 Å². The van der Waals surface area contributed by atoms with Crippen molar-refractivity contribution >= 4 is 5.69 Å². The average Bonchev–Trinajstić information content (AvgIpc) is 2.38. The van der Waals surface area contributed by atoms with Gasteiger partial charge in [-0.1, -0.05) is 13.8 Å². The van der Waals surface area contributed by atoms with E-state index in [1.807, 2.05) is 20.8 Å². The van der Waals surface area contributed by atoms with Crippen molar-refractivity contribution < 1.29 is 9.47 Å². The first-order valence-electron chi connectivity index (χ1n) is 6.46. The van der Waals surface area contributed by atoms with Crippen LogP contribution < -0.4 is 15.2 Å². The number of anilines is 1. The molecule has 20 heavy (non-hydrogen) atoms. The summed E-state index contributed by atoms with van der Waals surface area (Å²) in [6.07, 6.45) is 0. The number of aryl methyl sites for hydroxylation is 1. The van der Waals surface area contributed by atoms with Gasteiger partial charge in [-0.25, -0.2) is 4.98 Å². The summed E-state index contributed by atoms with van der Waals surface area (Å²) in [5.41, 5.74) is 7.26. The summed E-state index contributed by atoms with van der Waals surface area (Å²) in [6.45, 7) is 6.01. The highest BCUT2D eigenvalue weighted by Gasteiger charge is 2.09. The number of rotatable bonds is 4. The largest absolute Gasteiger partial charge is 0.495 e. The van der Waals surface area contributed by atoms with Gasteiger partial charge in [0.25, 0.3) is 0 Å². The summed E-state index contributed by atoms with van der Waals surface area (Å²) in [5, 5.41) is 0. The predicted molar refractivity (Wildman–Crippen MR) is 78.3 cm³/mol. The molecule has 0 spiro atoms. The number of hydrogen-bond acceptors (Lipinski definition) is 5. The van der Waals surface area contributed by atoms with Crippen molar-refractivity contribution in [1.82, 2.24) is 9.97 Å². The number of methoxy groups -OCH3 is 1. The maximum Gasteiger partial charge on any atom is 0.222 e. The Morgan fingerprint density at radius 3 is 2.50 bits per heavy atom. The van der Waals surface area contributed by atoms with E-state index in [1.54, 1.807) is 31.4 Å². The molecule has 0 amide bonds. The van der Waals surface area contributed by atoms with Crippen molar-refractivity contribution in [1.29, 1.82) is 0 Å². The minimum absolute atomic E-state index is 0.248. The van der Waals surface area contributed by atoms with Crippen LogP contribution in [0.5, 0.6) is 17.4 Å². The molecule has 0 saturated heterocycles. The lowest BCUT2D eigenvalue weighted by molar-refractivity contribution is 0.414. The Hall–Kier alpha value is -2.30. The van der Waals surface area contributed by atoms with Crippen LogP contribution in [0.1, 0.15) is 31.3 Å². The summed E-state index contributed by atoms with van der Waals surface area (Å²) in [7, 11) is 1.58. The van der Waals surface area contributed by atoms with Crippen LogP contribution in [0.2, 0.25) is 0 Å². The van der Waals surface area contributed by atoms with Crippen LogP contribution in [0.3, 0.4) is 0 Å². The average molecular weight is 273 g/mol. The Kier molecular flexibility index (Phi) is 4.08. The fourth-order valence-corrected chi connectivity index (χ4v) is 1.77. The second kappa shape index (κ2) is 5.77. The Labute approximate surface area is 118 Å². The van der Waals surface area contributed by atoms with Crippen LogP contribution in [0.15, 0.2) is 24.3 Å². The van der Waals surface area contributed by atoms with Gasteiger partial charge >= 0.3 is 0 Å². The highest BCUT2D eigenvalue weighted by molar-refractivity contribution is 5.56. The van der Waals surface area contributed by atoms with Crippen molar-refractivity contribution in [2.24, 2.45) is 0 Å². The van der Waals surface area contributed by atoms with Gasteiger partial charge in [0.15, 0.2) is 0 Å². The fourth-order valence-electron chi connectivity index (χ4n) is 1.77. The van der Waals surface area contributed by atoms with Crippen molar-refractivity contribution in [2.75, 3.05) is 12.8 Å². The van der Waals surface area contributed by atoms with Crippen LogP contribution in [0.25, 0.3) is 0 Å². The highest BCUT2D eigenvalue weighted by Crippen LogP contribution is 2.29. The zero-order valence-corrected chi connectivity index (χ0v) is 12.2. The van der Waals surface area contributed by atoms with Gasteiger partial charge in [0.2, 0.25) is 5.88 Å².